The lowest BCUT2D eigenvalue weighted by Crippen LogP contribution is -2.46. The van der Waals surface area contributed by atoms with E-state index in [4.69, 9.17) is 9.41 Å². The van der Waals surface area contributed by atoms with Crippen LogP contribution in [-0.2, 0) is 21.2 Å². The van der Waals surface area contributed by atoms with E-state index in [-0.39, 0.29) is 5.04 Å². The van der Waals surface area contributed by atoms with E-state index in [9.17, 15) is 10.1 Å². The molecular weight excluding hydrogens is 529 g/mol. The Kier molecular flexibility index (Phi) is 8.48. The second-order valence-electron chi connectivity index (χ2n) is 13.2. The molecule has 4 rings (SSSR count). The Hall–Kier alpha value is -3.49. The molecule has 0 amide bonds. The Bertz CT molecular complexity index is 1470. The number of nitrogens with zero attached hydrogens (tertiary/aromatic N) is 6. The molecule has 9 nitrogen and oxygen atoms in total. The van der Waals surface area contributed by atoms with Crippen LogP contribution in [0, 0.1) is 24.2 Å². The zero-order chi connectivity index (χ0) is 30.2. The molecule has 0 spiro atoms. The molecule has 2 aromatic heterocycles. The van der Waals surface area contributed by atoms with Gasteiger partial charge in [-0.15, -0.1) is 0 Å². The van der Waals surface area contributed by atoms with Gasteiger partial charge in [0.2, 0.25) is 5.95 Å². The third kappa shape index (κ3) is 6.39. The maximum atomic E-state index is 11.6. The van der Waals surface area contributed by atoms with E-state index in [0.29, 0.717) is 36.3 Å². The Morgan fingerprint density at radius 2 is 2.02 bits per heavy atom. The van der Waals surface area contributed by atoms with Crippen LogP contribution in [0.4, 0.5) is 17.5 Å². The molecule has 1 aromatic carbocycles. The number of nitrogens with one attached hydrogen (secondary N) is 1. The molecule has 1 radical (unpaired) electrons. The Balaban J connectivity index is 1.73. The Morgan fingerprint density at radius 1 is 1.29 bits per heavy atom. The first-order valence-electron chi connectivity index (χ1n) is 14.1. The summed E-state index contributed by atoms with van der Waals surface area (Å²) in [6.07, 6.45) is 2.49. The lowest BCUT2D eigenvalue weighted by molar-refractivity contribution is 0.219. The average molecular weight is 571 g/mol. The van der Waals surface area contributed by atoms with Crippen LogP contribution in [0.5, 0.6) is 0 Å². The number of rotatable bonds is 10. The van der Waals surface area contributed by atoms with E-state index in [1.54, 1.807) is 6.20 Å². The predicted octanol–water partition coefficient (Wildman–Crippen LogP) is 5.83. The second-order valence-corrected chi connectivity index (χ2v) is 18.0. The number of fused-ring (bicyclic) bond motifs is 1. The van der Waals surface area contributed by atoms with Crippen LogP contribution in [0.2, 0.25) is 18.1 Å². The van der Waals surface area contributed by atoms with Gasteiger partial charge in [0.1, 0.15) is 18.1 Å². The molecule has 1 aliphatic rings. The standard InChI is InChI=1S/C30H41BN7O2Si/c1-20(2)16-38-26(12-21(3)36-38)35-28-33-11-10-25(34-28)22-13-23(15-32)27-24(14-22)30(7,17-37(27)31-19-39)18-40-41(8,9)29(4,5)6/h10-14,19-20H,16-18H2,1-9H3,(H,33,34,35)/t30-/m1/s1. The van der Waals surface area contributed by atoms with Crippen LogP contribution in [-0.4, -0.2) is 54.8 Å². The fourth-order valence-corrected chi connectivity index (χ4v) is 6.00. The molecule has 1 atom stereocenters. The van der Waals surface area contributed by atoms with Gasteiger partial charge in [0.25, 0.3) is 0 Å². The van der Waals surface area contributed by atoms with Crippen LogP contribution in [0.15, 0.2) is 30.5 Å². The minimum absolute atomic E-state index is 0.0620. The van der Waals surface area contributed by atoms with Crippen molar-refractivity contribution < 1.29 is 9.22 Å². The molecule has 0 aliphatic carbocycles. The van der Waals surface area contributed by atoms with E-state index < -0.39 is 13.7 Å². The number of benzene rings is 1. The van der Waals surface area contributed by atoms with Gasteiger partial charge in [-0.05, 0) is 54.7 Å². The summed E-state index contributed by atoms with van der Waals surface area (Å²) >= 11 is 0. The summed E-state index contributed by atoms with van der Waals surface area (Å²) < 4.78 is 8.63. The van der Waals surface area contributed by atoms with E-state index in [0.717, 1.165) is 41.1 Å². The molecule has 1 aliphatic heterocycles. The van der Waals surface area contributed by atoms with Gasteiger partial charge in [0.05, 0.1) is 17.0 Å². The van der Waals surface area contributed by atoms with Crippen molar-refractivity contribution in [1.29, 1.82) is 5.26 Å². The fourth-order valence-electron chi connectivity index (χ4n) is 4.88. The highest BCUT2D eigenvalue weighted by Gasteiger charge is 2.44. The summed E-state index contributed by atoms with van der Waals surface area (Å²) in [6, 6.07) is 10.1. The Labute approximate surface area is 245 Å². The maximum Gasteiger partial charge on any atom is 0.329 e. The molecule has 0 bridgehead atoms. The van der Waals surface area contributed by atoms with Crippen LogP contribution >= 0.6 is 0 Å². The molecule has 0 fully saturated rings. The zero-order valence-electron chi connectivity index (χ0n) is 25.7. The highest BCUT2D eigenvalue weighted by molar-refractivity contribution is 6.74. The second kappa shape index (κ2) is 11.4. The molecule has 41 heavy (non-hydrogen) atoms. The number of carbonyl (C=O) groups is 1. The van der Waals surface area contributed by atoms with Crippen LogP contribution in [0.1, 0.15) is 58.4 Å². The lowest BCUT2D eigenvalue weighted by atomic mass is 9.83. The highest BCUT2D eigenvalue weighted by atomic mass is 28.4. The van der Waals surface area contributed by atoms with Gasteiger partial charge in [0, 0.05) is 48.6 Å². The maximum absolute atomic E-state index is 11.6. The predicted molar refractivity (Wildman–Crippen MR) is 168 cm³/mol. The Morgan fingerprint density at radius 3 is 2.66 bits per heavy atom. The first-order chi connectivity index (χ1) is 19.2. The SMILES string of the molecule is Cc1cc(Nc2nccc(-c3cc(C#N)c4c(c3)[C@@](C)(CO[Si](C)(C)C(C)(C)C)CN4[B]C=O)n2)n(CC(C)C)n1. The smallest absolute Gasteiger partial charge is 0.329 e. The molecule has 0 unspecified atom stereocenters. The monoisotopic (exact) mass is 570 g/mol. The first-order valence-corrected chi connectivity index (χ1v) is 17.0. The van der Waals surface area contributed by atoms with Crippen molar-refractivity contribution in [1.82, 2.24) is 19.7 Å². The summed E-state index contributed by atoms with van der Waals surface area (Å²) in [4.78, 5) is 22.7. The molecule has 0 saturated carbocycles. The number of nitriles is 1. The van der Waals surface area contributed by atoms with Gasteiger partial charge in [0.15, 0.2) is 8.32 Å². The van der Waals surface area contributed by atoms with E-state index in [2.05, 4.69) is 82.2 Å². The van der Waals surface area contributed by atoms with E-state index >= 15 is 0 Å². The van der Waals surface area contributed by atoms with Crippen molar-refractivity contribution >= 4 is 39.4 Å². The summed E-state index contributed by atoms with van der Waals surface area (Å²) in [5, 5.41) is 18.2. The van der Waals surface area contributed by atoms with Crippen LogP contribution in [0.25, 0.3) is 11.3 Å². The lowest BCUT2D eigenvalue weighted by Gasteiger charge is -2.39. The van der Waals surface area contributed by atoms with Crippen molar-refractivity contribution in [3.05, 3.63) is 47.3 Å². The summed E-state index contributed by atoms with van der Waals surface area (Å²) in [7, 11) is -0.532. The molecule has 11 heteroatoms. The van der Waals surface area contributed by atoms with Crippen molar-refractivity contribution in [2.24, 2.45) is 5.92 Å². The van der Waals surface area contributed by atoms with Gasteiger partial charge in [-0.2, -0.15) is 10.4 Å². The van der Waals surface area contributed by atoms with Gasteiger partial charge < -0.3 is 19.3 Å². The normalized spacial score (nSPS) is 17.0. The average Bonchev–Trinajstić information content (AvgIpc) is 3.37. The van der Waals surface area contributed by atoms with Gasteiger partial charge in [-0.1, -0.05) is 41.5 Å². The fraction of sp³-hybridized carbons (Fsp3) is 0.500. The minimum atomic E-state index is -2.04. The number of anilines is 3. The largest absolute Gasteiger partial charge is 0.416 e. The first kappa shape index (κ1) is 30.5. The van der Waals surface area contributed by atoms with Crippen LogP contribution in [0.3, 0.4) is 0 Å². The summed E-state index contributed by atoms with van der Waals surface area (Å²) in [6.45, 7) is 21.4. The molecule has 1 N–H and O–H groups in total. The quantitative estimate of drug-likeness (QED) is 0.240. The van der Waals surface area contributed by atoms with Gasteiger partial charge in [-0.3, -0.25) is 0 Å². The number of aromatic nitrogens is 4. The van der Waals surface area contributed by atoms with Crippen LogP contribution < -0.4 is 10.1 Å². The number of hydrogen-bond donors (Lipinski definition) is 1. The summed E-state index contributed by atoms with van der Waals surface area (Å²) in [5.41, 5.74) is 4.21. The van der Waals surface area contributed by atoms with Crippen molar-refractivity contribution in [3.63, 3.8) is 0 Å². The van der Waals surface area contributed by atoms with E-state index in [1.165, 1.54) is 7.41 Å². The molecule has 215 valence electrons. The highest BCUT2D eigenvalue weighted by Crippen LogP contribution is 2.46. The zero-order valence-corrected chi connectivity index (χ0v) is 26.7. The number of hydrogen-bond acceptors (Lipinski definition) is 8. The topological polar surface area (TPSA) is 109 Å². The van der Waals surface area contributed by atoms with Crippen molar-refractivity contribution in [2.75, 3.05) is 23.3 Å². The minimum Gasteiger partial charge on any atom is -0.416 e. The van der Waals surface area contributed by atoms with Gasteiger partial charge in [-0.25, -0.2) is 14.6 Å². The van der Waals surface area contributed by atoms with E-state index in [1.807, 2.05) is 34.6 Å². The molecule has 0 saturated heterocycles. The molecule has 3 heterocycles. The number of aryl methyl sites for hydroxylation is 1. The van der Waals surface area contributed by atoms with Crippen molar-refractivity contribution in [2.45, 2.75) is 78.6 Å². The molecular formula is C30H41BN7O2Si. The van der Waals surface area contributed by atoms with Crippen molar-refractivity contribution in [3.8, 4) is 17.3 Å². The number of carbonyl (C=O) groups excluding carboxylic acids is 1. The van der Waals surface area contributed by atoms with Gasteiger partial charge >= 0.3 is 7.41 Å². The third-order valence-corrected chi connectivity index (χ3v) is 12.6. The molecule has 3 aromatic rings. The summed E-state index contributed by atoms with van der Waals surface area (Å²) in [5.74, 6) is 1.71. The third-order valence-electron chi connectivity index (χ3n) is 8.12.